The Morgan fingerprint density at radius 2 is 2.00 bits per heavy atom. The molecule has 17 heavy (non-hydrogen) atoms. The van der Waals surface area contributed by atoms with Crippen molar-refractivity contribution in [1.82, 2.24) is 0 Å². The first kappa shape index (κ1) is 13.0. The zero-order chi connectivity index (χ0) is 12.7. The summed E-state index contributed by atoms with van der Waals surface area (Å²) in [5, 5.41) is 0. The largest absolute Gasteiger partial charge is 0.465 e. The van der Waals surface area contributed by atoms with Crippen LogP contribution in [0, 0.1) is 18.3 Å². The van der Waals surface area contributed by atoms with Crippen LogP contribution in [-0.2, 0) is 9.53 Å². The van der Waals surface area contributed by atoms with Crippen LogP contribution in [-0.4, -0.2) is 18.4 Å². The third kappa shape index (κ3) is 3.46. The Balaban J connectivity index is 2.89. The molecule has 1 aromatic carbocycles. The fourth-order valence-electron chi connectivity index (χ4n) is 1.45. The highest BCUT2D eigenvalue weighted by Gasteiger charge is 2.27. The number of carbonyl (C=O) groups is 2. The van der Waals surface area contributed by atoms with Crippen LogP contribution in [0.3, 0.4) is 0 Å². The minimum Gasteiger partial charge on any atom is -0.465 e. The molecule has 1 aromatic rings. The summed E-state index contributed by atoms with van der Waals surface area (Å²) in [5.74, 6) is 0.589. The molecule has 0 amide bonds. The van der Waals surface area contributed by atoms with Crippen molar-refractivity contribution in [1.29, 1.82) is 0 Å². The number of Topliss-reactive ketones (excluding diaryl/α,β-unsaturated/α-hetero) is 1. The van der Waals surface area contributed by atoms with Crippen LogP contribution in [0.1, 0.15) is 23.7 Å². The van der Waals surface area contributed by atoms with Crippen molar-refractivity contribution in [3.05, 3.63) is 35.9 Å². The van der Waals surface area contributed by atoms with E-state index in [1.807, 2.05) is 0 Å². The number of carbonyl (C=O) groups excluding carboxylic acids is 2. The van der Waals surface area contributed by atoms with Gasteiger partial charge in [0.25, 0.3) is 0 Å². The summed E-state index contributed by atoms with van der Waals surface area (Å²) in [6, 6.07) is 8.60. The summed E-state index contributed by atoms with van der Waals surface area (Å²) in [5.41, 5.74) is 0.473. The lowest BCUT2D eigenvalue weighted by Gasteiger charge is -2.11. The van der Waals surface area contributed by atoms with Gasteiger partial charge in [0.05, 0.1) is 6.61 Å². The number of esters is 1. The molecule has 1 rings (SSSR count). The molecule has 0 saturated heterocycles. The Bertz CT molecular complexity index is 429. The van der Waals surface area contributed by atoms with E-state index in [9.17, 15) is 9.59 Å². The number of hydrogen-bond acceptors (Lipinski definition) is 3. The molecule has 0 aliphatic rings. The van der Waals surface area contributed by atoms with E-state index in [4.69, 9.17) is 11.2 Å². The Morgan fingerprint density at radius 3 is 2.53 bits per heavy atom. The number of ketones is 1. The van der Waals surface area contributed by atoms with E-state index in [2.05, 4.69) is 5.92 Å². The van der Waals surface area contributed by atoms with Crippen LogP contribution in [0.5, 0.6) is 0 Å². The lowest BCUT2D eigenvalue weighted by molar-refractivity contribution is -0.146. The SMILES string of the molecule is C#CCC(C(=O)OCC)C(=O)c1ccccc1. The van der Waals surface area contributed by atoms with Gasteiger partial charge in [0.15, 0.2) is 5.78 Å². The number of rotatable bonds is 5. The molecule has 0 saturated carbocycles. The standard InChI is InChI=1S/C14H14O3/c1-3-8-12(14(16)17-4-2)13(15)11-9-6-5-7-10-11/h1,5-7,9-10,12H,4,8H2,2H3. The third-order valence-electron chi connectivity index (χ3n) is 2.27. The highest BCUT2D eigenvalue weighted by atomic mass is 16.5. The average Bonchev–Trinajstić information content (AvgIpc) is 2.36. The molecule has 0 fully saturated rings. The zero-order valence-corrected chi connectivity index (χ0v) is 9.68. The zero-order valence-electron chi connectivity index (χ0n) is 9.68. The van der Waals surface area contributed by atoms with E-state index >= 15 is 0 Å². The van der Waals surface area contributed by atoms with Crippen molar-refractivity contribution in [3.63, 3.8) is 0 Å². The van der Waals surface area contributed by atoms with Gasteiger partial charge in [0.2, 0.25) is 0 Å². The van der Waals surface area contributed by atoms with Gasteiger partial charge in [-0.05, 0) is 6.92 Å². The summed E-state index contributed by atoms with van der Waals surface area (Å²) in [6.07, 6.45) is 5.23. The monoisotopic (exact) mass is 230 g/mol. The molecule has 0 heterocycles. The van der Waals surface area contributed by atoms with E-state index in [0.29, 0.717) is 5.56 Å². The Hall–Kier alpha value is -2.08. The molecule has 3 heteroatoms. The maximum absolute atomic E-state index is 12.1. The summed E-state index contributed by atoms with van der Waals surface area (Å²) in [6.45, 7) is 1.93. The molecule has 1 unspecified atom stereocenters. The Morgan fingerprint density at radius 1 is 1.35 bits per heavy atom. The molecule has 0 aliphatic carbocycles. The van der Waals surface area contributed by atoms with Crippen molar-refractivity contribution in [2.75, 3.05) is 6.61 Å². The third-order valence-corrected chi connectivity index (χ3v) is 2.27. The molecule has 0 bridgehead atoms. The van der Waals surface area contributed by atoms with Crippen LogP contribution in [0.25, 0.3) is 0 Å². The van der Waals surface area contributed by atoms with Crippen molar-refractivity contribution < 1.29 is 14.3 Å². The first-order valence-corrected chi connectivity index (χ1v) is 5.40. The van der Waals surface area contributed by atoms with Gasteiger partial charge in [0, 0.05) is 12.0 Å². The van der Waals surface area contributed by atoms with E-state index in [1.54, 1.807) is 37.3 Å². The van der Waals surface area contributed by atoms with Gasteiger partial charge in [-0.1, -0.05) is 30.3 Å². The predicted octanol–water partition coefficient (Wildman–Crippen LogP) is 2.07. The molecule has 0 N–H and O–H groups in total. The second-order valence-corrected chi connectivity index (χ2v) is 3.44. The average molecular weight is 230 g/mol. The molecular formula is C14H14O3. The number of ether oxygens (including phenoxy) is 1. The molecule has 0 aliphatic heterocycles. The van der Waals surface area contributed by atoms with Gasteiger partial charge in [-0.2, -0.15) is 0 Å². The molecular weight excluding hydrogens is 216 g/mol. The highest BCUT2D eigenvalue weighted by molar-refractivity contribution is 6.08. The van der Waals surface area contributed by atoms with E-state index in [-0.39, 0.29) is 18.8 Å². The quantitative estimate of drug-likeness (QED) is 0.336. The molecule has 0 radical (unpaired) electrons. The summed E-state index contributed by atoms with van der Waals surface area (Å²) >= 11 is 0. The van der Waals surface area contributed by atoms with Crippen LogP contribution in [0.15, 0.2) is 30.3 Å². The summed E-state index contributed by atoms with van der Waals surface area (Å²) in [7, 11) is 0. The second kappa shape index (κ2) is 6.49. The minimum absolute atomic E-state index is 0.0621. The Kier molecular flexibility index (Phi) is 4.96. The fourth-order valence-corrected chi connectivity index (χ4v) is 1.45. The van der Waals surface area contributed by atoms with Crippen LogP contribution >= 0.6 is 0 Å². The van der Waals surface area contributed by atoms with Crippen molar-refractivity contribution in [2.45, 2.75) is 13.3 Å². The fraction of sp³-hybridized carbons (Fsp3) is 0.286. The predicted molar refractivity (Wildman–Crippen MR) is 64.3 cm³/mol. The van der Waals surface area contributed by atoms with Crippen LogP contribution < -0.4 is 0 Å². The Labute approximate surface area is 101 Å². The van der Waals surface area contributed by atoms with Crippen molar-refractivity contribution in [2.24, 2.45) is 5.92 Å². The van der Waals surface area contributed by atoms with Crippen LogP contribution in [0.2, 0.25) is 0 Å². The maximum Gasteiger partial charge on any atom is 0.317 e. The molecule has 3 nitrogen and oxygen atoms in total. The number of terminal acetylenes is 1. The van der Waals surface area contributed by atoms with Gasteiger partial charge in [0.1, 0.15) is 5.92 Å². The number of hydrogen-bond donors (Lipinski definition) is 0. The number of benzene rings is 1. The lowest BCUT2D eigenvalue weighted by atomic mass is 9.95. The first-order valence-electron chi connectivity index (χ1n) is 5.40. The van der Waals surface area contributed by atoms with E-state index < -0.39 is 11.9 Å². The van der Waals surface area contributed by atoms with Gasteiger partial charge in [-0.15, -0.1) is 12.3 Å². The highest BCUT2D eigenvalue weighted by Crippen LogP contribution is 2.14. The summed E-state index contributed by atoms with van der Waals surface area (Å²) in [4.78, 5) is 23.7. The van der Waals surface area contributed by atoms with Crippen molar-refractivity contribution >= 4 is 11.8 Å². The van der Waals surface area contributed by atoms with E-state index in [0.717, 1.165) is 0 Å². The molecule has 88 valence electrons. The van der Waals surface area contributed by atoms with Gasteiger partial charge in [-0.25, -0.2) is 0 Å². The first-order chi connectivity index (χ1) is 8.20. The smallest absolute Gasteiger partial charge is 0.317 e. The van der Waals surface area contributed by atoms with Crippen LogP contribution in [0.4, 0.5) is 0 Å². The van der Waals surface area contributed by atoms with Gasteiger partial charge in [-0.3, -0.25) is 9.59 Å². The second-order valence-electron chi connectivity index (χ2n) is 3.44. The molecule has 0 spiro atoms. The van der Waals surface area contributed by atoms with E-state index in [1.165, 1.54) is 0 Å². The normalized spacial score (nSPS) is 11.3. The summed E-state index contributed by atoms with van der Waals surface area (Å²) < 4.78 is 4.84. The lowest BCUT2D eigenvalue weighted by Crippen LogP contribution is -2.26. The van der Waals surface area contributed by atoms with Crippen molar-refractivity contribution in [3.8, 4) is 12.3 Å². The van der Waals surface area contributed by atoms with Gasteiger partial charge >= 0.3 is 5.97 Å². The van der Waals surface area contributed by atoms with Gasteiger partial charge < -0.3 is 4.74 Å². The molecule has 1 atom stereocenters. The molecule has 0 aromatic heterocycles. The minimum atomic E-state index is -0.901. The topological polar surface area (TPSA) is 43.4 Å². The maximum atomic E-state index is 12.1.